The van der Waals surface area contributed by atoms with Gasteiger partial charge in [-0.15, -0.1) is 0 Å². The summed E-state index contributed by atoms with van der Waals surface area (Å²) in [6, 6.07) is 9.12. The van der Waals surface area contributed by atoms with Crippen LogP contribution < -0.4 is 0 Å². The van der Waals surface area contributed by atoms with Crippen molar-refractivity contribution in [3.8, 4) is 0 Å². The summed E-state index contributed by atoms with van der Waals surface area (Å²) in [4.78, 5) is 27.3. The number of benzene rings is 1. The monoisotopic (exact) mass is 301 g/mol. The maximum Gasteiger partial charge on any atom is 0.334 e. The molecule has 0 N–H and O–H groups in total. The zero-order chi connectivity index (χ0) is 16.3. The molecule has 4 heteroatoms. The molecule has 0 radical (unpaired) electrons. The van der Waals surface area contributed by atoms with Crippen molar-refractivity contribution < 1.29 is 14.3 Å². The second-order valence-electron chi connectivity index (χ2n) is 8.09. The lowest BCUT2D eigenvalue weighted by atomic mass is 9.91. The molecule has 1 heterocycles. The third-order valence-corrected chi connectivity index (χ3v) is 4.87. The molecule has 0 aromatic heterocycles. The van der Waals surface area contributed by atoms with Gasteiger partial charge >= 0.3 is 5.97 Å². The predicted octanol–water partition coefficient (Wildman–Crippen LogP) is 3.23. The second-order valence-corrected chi connectivity index (χ2v) is 8.09. The Morgan fingerprint density at radius 2 is 1.77 bits per heavy atom. The molecule has 0 bridgehead atoms. The fourth-order valence-electron chi connectivity index (χ4n) is 3.47. The van der Waals surface area contributed by atoms with Crippen LogP contribution in [-0.4, -0.2) is 28.5 Å². The molecule has 2 atom stereocenters. The molecule has 0 unspecified atom stereocenters. The lowest BCUT2D eigenvalue weighted by Crippen LogP contribution is -2.51. The molecule has 1 aliphatic heterocycles. The molecular weight excluding hydrogens is 278 g/mol. The summed E-state index contributed by atoms with van der Waals surface area (Å²) in [5, 5.41) is 0. The minimum absolute atomic E-state index is 0.128. The largest absolute Gasteiger partial charge is 0.439 e. The van der Waals surface area contributed by atoms with Gasteiger partial charge in [0.15, 0.2) is 6.23 Å². The van der Waals surface area contributed by atoms with E-state index in [0.29, 0.717) is 12.0 Å². The standard InChI is InChI=1S/C18H23NO3/c1-16(2,3)14-19(13(20)12-9-7-6-8-10-12)18(15(21)22-14)11-17(18,4)5/h6-10,14H,11H2,1-5H3/t14-,18+/m0/s1. The Balaban J connectivity index is 2.07. The van der Waals surface area contributed by atoms with Crippen molar-refractivity contribution in [3.63, 3.8) is 0 Å². The Labute approximate surface area is 131 Å². The Kier molecular flexibility index (Phi) is 2.97. The van der Waals surface area contributed by atoms with Crippen LogP contribution in [0.1, 0.15) is 51.4 Å². The Morgan fingerprint density at radius 1 is 1.23 bits per heavy atom. The molecule has 4 nitrogen and oxygen atoms in total. The van der Waals surface area contributed by atoms with Gasteiger partial charge in [-0.3, -0.25) is 9.69 Å². The van der Waals surface area contributed by atoms with Crippen LogP contribution in [0.5, 0.6) is 0 Å². The van der Waals surface area contributed by atoms with E-state index in [1.54, 1.807) is 17.0 Å². The van der Waals surface area contributed by atoms with Crippen molar-refractivity contribution in [3.05, 3.63) is 35.9 Å². The van der Waals surface area contributed by atoms with Gasteiger partial charge in [0.25, 0.3) is 5.91 Å². The predicted molar refractivity (Wildman–Crippen MR) is 83.1 cm³/mol. The average molecular weight is 301 g/mol. The van der Waals surface area contributed by atoms with E-state index in [1.807, 2.05) is 52.8 Å². The first-order valence-electron chi connectivity index (χ1n) is 7.71. The topological polar surface area (TPSA) is 46.6 Å². The highest BCUT2D eigenvalue weighted by Gasteiger charge is 2.77. The van der Waals surface area contributed by atoms with Crippen molar-refractivity contribution in [2.24, 2.45) is 10.8 Å². The third-order valence-electron chi connectivity index (χ3n) is 4.87. The quantitative estimate of drug-likeness (QED) is 0.748. The van der Waals surface area contributed by atoms with Gasteiger partial charge in [-0.2, -0.15) is 0 Å². The molecule has 1 saturated heterocycles. The van der Waals surface area contributed by atoms with Crippen LogP contribution in [-0.2, 0) is 9.53 Å². The SMILES string of the molecule is CC(C)(C)[C@@H]1OC(=O)[C@@]2(CC2(C)C)N1C(=O)c1ccccc1. The van der Waals surface area contributed by atoms with Crippen molar-refractivity contribution >= 4 is 11.9 Å². The summed E-state index contributed by atoms with van der Waals surface area (Å²) in [7, 11) is 0. The maximum absolute atomic E-state index is 13.1. The van der Waals surface area contributed by atoms with Gasteiger partial charge in [-0.25, -0.2) is 4.79 Å². The number of amides is 1. The van der Waals surface area contributed by atoms with Crippen molar-refractivity contribution in [1.29, 1.82) is 0 Å². The van der Waals surface area contributed by atoms with Crippen molar-refractivity contribution in [1.82, 2.24) is 4.90 Å². The van der Waals surface area contributed by atoms with Crippen LogP contribution >= 0.6 is 0 Å². The average Bonchev–Trinajstić information content (AvgIpc) is 2.87. The van der Waals surface area contributed by atoms with E-state index in [2.05, 4.69) is 0 Å². The minimum atomic E-state index is -0.808. The van der Waals surface area contributed by atoms with E-state index >= 15 is 0 Å². The van der Waals surface area contributed by atoms with E-state index in [4.69, 9.17) is 4.74 Å². The zero-order valence-corrected chi connectivity index (χ0v) is 13.8. The van der Waals surface area contributed by atoms with Crippen molar-refractivity contribution in [2.75, 3.05) is 0 Å². The minimum Gasteiger partial charge on any atom is -0.439 e. The number of cyclic esters (lactones) is 1. The fourth-order valence-corrected chi connectivity index (χ4v) is 3.47. The molecule has 3 rings (SSSR count). The molecule has 22 heavy (non-hydrogen) atoms. The molecular formula is C18H23NO3. The summed E-state index contributed by atoms with van der Waals surface area (Å²) >= 11 is 0. The van der Waals surface area contributed by atoms with Gasteiger partial charge < -0.3 is 4.74 Å². The van der Waals surface area contributed by atoms with Gasteiger partial charge in [0, 0.05) is 16.4 Å². The summed E-state index contributed by atoms with van der Waals surface area (Å²) in [6.45, 7) is 10.0. The van der Waals surface area contributed by atoms with Gasteiger partial charge in [-0.1, -0.05) is 52.8 Å². The maximum atomic E-state index is 13.1. The van der Waals surface area contributed by atoms with Crippen LogP contribution in [0.2, 0.25) is 0 Å². The number of hydrogen-bond donors (Lipinski definition) is 0. The number of carbonyl (C=O) groups is 2. The number of carbonyl (C=O) groups excluding carboxylic acids is 2. The van der Waals surface area contributed by atoms with Crippen LogP contribution in [0.3, 0.4) is 0 Å². The molecule has 1 aliphatic carbocycles. The molecule has 118 valence electrons. The fraction of sp³-hybridized carbons (Fsp3) is 0.556. The molecule has 1 aromatic rings. The molecule has 1 aromatic carbocycles. The number of ether oxygens (including phenoxy) is 1. The molecule has 2 fully saturated rings. The first kappa shape index (κ1) is 15.1. The summed E-state index contributed by atoms with van der Waals surface area (Å²) in [6.07, 6.45) is 0.124. The molecule has 1 saturated carbocycles. The molecule has 1 spiro atoms. The van der Waals surface area contributed by atoms with E-state index in [9.17, 15) is 9.59 Å². The Hall–Kier alpha value is -1.84. The lowest BCUT2D eigenvalue weighted by molar-refractivity contribution is -0.147. The van der Waals surface area contributed by atoms with Crippen LogP contribution in [0.4, 0.5) is 0 Å². The zero-order valence-electron chi connectivity index (χ0n) is 13.8. The van der Waals surface area contributed by atoms with E-state index < -0.39 is 11.8 Å². The first-order chi connectivity index (χ1) is 10.1. The highest BCUT2D eigenvalue weighted by molar-refractivity contribution is 6.02. The summed E-state index contributed by atoms with van der Waals surface area (Å²) < 4.78 is 5.66. The van der Waals surface area contributed by atoms with Crippen LogP contribution in [0, 0.1) is 10.8 Å². The van der Waals surface area contributed by atoms with E-state index in [0.717, 1.165) is 0 Å². The normalized spacial score (nSPS) is 29.6. The Bertz CT molecular complexity index is 629. The summed E-state index contributed by atoms with van der Waals surface area (Å²) in [5.41, 5.74) is -0.786. The van der Waals surface area contributed by atoms with Crippen LogP contribution in [0.25, 0.3) is 0 Å². The highest BCUT2D eigenvalue weighted by atomic mass is 16.6. The van der Waals surface area contributed by atoms with Gasteiger partial charge in [-0.05, 0) is 18.6 Å². The Morgan fingerprint density at radius 3 is 2.23 bits per heavy atom. The molecule has 2 aliphatic rings. The number of hydrogen-bond acceptors (Lipinski definition) is 3. The lowest BCUT2D eigenvalue weighted by Gasteiger charge is -2.35. The number of esters is 1. The van der Waals surface area contributed by atoms with Gasteiger partial charge in [0.05, 0.1) is 0 Å². The highest BCUT2D eigenvalue weighted by Crippen LogP contribution is 2.64. The van der Waals surface area contributed by atoms with E-state index in [1.165, 1.54) is 0 Å². The van der Waals surface area contributed by atoms with Crippen molar-refractivity contribution in [2.45, 2.75) is 52.8 Å². The molecule has 1 amide bonds. The number of nitrogens with zero attached hydrogens (tertiary/aromatic N) is 1. The third kappa shape index (κ3) is 1.89. The van der Waals surface area contributed by atoms with Gasteiger partial charge in [0.2, 0.25) is 0 Å². The first-order valence-corrected chi connectivity index (χ1v) is 7.71. The number of rotatable bonds is 1. The summed E-state index contributed by atoms with van der Waals surface area (Å²) in [5.74, 6) is -0.390. The second kappa shape index (κ2) is 4.34. The van der Waals surface area contributed by atoms with Crippen LogP contribution in [0.15, 0.2) is 30.3 Å². The smallest absolute Gasteiger partial charge is 0.334 e. The van der Waals surface area contributed by atoms with Gasteiger partial charge in [0.1, 0.15) is 5.54 Å². The van der Waals surface area contributed by atoms with E-state index in [-0.39, 0.29) is 22.7 Å².